The van der Waals surface area contributed by atoms with Gasteiger partial charge < -0.3 is 14.5 Å². The van der Waals surface area contributed by atoms with Crippen LogP contribution < -0.4 is 5.46 Å². The third-order valence-corrected chi connectivity index (χ3v) is 3.56. The van der Waals surface area contributed by atoms with Gasteiger partial charge in [-0.3, -0.25) is 0 Å². The van der Waals surface area contributed by atoms with Crippen LogP contribution in [0.1, 0.15) is 18.1 Å². The molecule has 2 N–H and O–H groups in total. The summed E-state index contributed by atoms with van der Waals surface area (Å²) in [6, 6.07) is 9.14. The van der Waals surface area contributed by atoms with Gasteiger partial charge in [-0.15, -0.1) is 0 Å². The van der Waals surface area contributed by atoms with E-state index >= 15 is 0 Å². The molecular weight excluding hydrogens is 263 g/mol. The van der Waals surface area contributed by atoms with E-state index in [0.29, 0.717) is 5.46 Å². The van der Waals surface area contributed by atoms with Crippen molar-refractivity contribution in [1.82, 2.24) is 0 Å². The van der Waals surface area contributed by atoms with E-state index in [1.54, 1.807) is 24.3 Å². The Morgan fingerprint density at radius 3 is 2.48 bits per heavy atom. The first kappa shape index (κ1) is 13.7. The molecule has 0 unspecified atom stereocenters. The second-order valence-corrected chi connectivity index (χ2v) is 4.91. The minimum atomic E-state index is -1.49. The topological polar surface area (TPSA) is 53.6 Å². The molecule has 0 saturated carbocycles. The normalized spacial score (nSPS) is 11.6. The third-order valence-electron chi connectivity index (χ3n) is 3.56. The van der Waals surface area contributed by atoms with Crippen molar-refractivity contribution in [2.75, 3.05) is 0 Å². The van der Waals surface area contributed by atoms with Gasteiger partial charge in [-0.25, -0.2) is 0 Å². The van der Waals surface area contributed by atoms with Gasteiger partial charge in [0.2, 0.25) is 0 Å². The zero-order valence-electron chi connectivity index (χ0n) is 11.7. The standard InChI is InChI=1S/C17H15BO3/c1-3-5-12-9-17-14(8-11(12)4-2)15-10-13(18(19)20)6-7-16(15)21-17/h3-10,19-20H,2H2,1H3/b5-3-. The average molecular weight is 278 g/mol. The molecule has 2 aromatic carbocycles. The summed E-state index contributed by atoms with van der Waals surface area (Å²) in [7, 11) is -1.49. The van der Waals surface area contributed by atoms with Crippen LogP contribution in [-0.4, -0.2) is 17.2 Å². The van der Waals surface area contributed by atoms with Crippen molar-refractivity contribution in [3.63, 3.8) is 0 Å². The molecule has 104 valence electrons. The smallest absolute Gasteiger partial charge is 0.456 e. The fourth-order valence-electron chi connectivity index (χ4n) is 2.53. The maximum Gasteiger partial charge on any atom is 0.488 e. The Labute approximate surface area is 123 Å². The summed E-state index contributed by atoms with van der Waals surface area (Å²) in [4.78, 5) is 0. The summed E-state index contributed by atoms with van der Waals surface area (Å²) in [6.45, 7) is 5.81. The molecule has 0 saturated heterocycles. The van der Waals surface area contributed by atoms with E-state index in [-0.39, 0.29) is 0 Å². The number of hydrogen-bond donors (Lipinski definition) is 2. The number of hydrogen-bond acceptors (Lipinski definition) is 3. The van der Waals surface area contributed by atoms with E-state index in [2.05, 4.69) is 6.58 Å². The third kappa shape index (κ3) is 2.29. The van der Waals surface area contributed by atoms with Gasteiger partial charge in [0.25, 0.3) is 0 Å². The molecular formula is C17H15BO3. The van der Waals surface area contributed by atoms with Crippen LogP contribution in [0.2, 0.25) is 0 Å². The molecule has 0 aliphatic rings. The predicted octanol–water partition coefficient (Wildman–Crippen LogP) is 2.94. The highest BCUT2D eigenvalue weighted by atomic mass is 16.4. The van der Waals surface area contributed by atoms with Gasteiger partial charge in [-0.1, -0.05) is 36.9 Å². The van der Waals surface area contributed by atoms with Gasteiger partial charge in [0.15, 0.2) is 0 Å². The van der Waals surface area contributed by atoms with Gasteiger partial charge >= 0.3 is 7.12 Å². The number of benzene rings is 2. The molecule has 1 heterocycles. The monoisotopic (exact) mass is 278 g/mol. The van der Waals surface area contributed by atoms with Crippen molar-refractivity contribution in [3.8, 4) is 0 Å². The molecule has 0 aliphatic carbocycles. The number of fused-ring (bicyclic) bond motifs is 3. The lowest BCUT2D eigenvalue weighted by Crippen LogP contribution is -2.29. The highest BCUT2D eigenvalue weighted by Gasteiger charge is 2.15. The Bertz CT molecular complexity index is 859. The minimum Gasteiger partial charge on any atom is -0.456 e. The number of allylic oxidation sites excluding steroid dienone is 1. The molecule has 3 rings (SSSR count). The molecule has 4 heteroatoms. The Hall–Kier alpha value is -2.30. The predicted molar refractivity (Wildman–Crippen MR) is 88.3 cm³/mol. The van der Waals surface area contributed by atoms with E-state index in [4.69, 9.17) is 4.42 Å². The molecule has 0 radical (unpaired) electrons. The van der Waals surface area contributed by atoms with Crippen LogP contribution in [0.5, 0.6) is 0 Å². The fraction of sp³-hybridized carbons (Fsp3) is 0.0588. The quantitative estimate of drug-likeness (QED) is 0.724. The second-order valence-electron chi connectivity index (χ2n) is 4.91. The van der Waals surface area contributed by atoms with Crippen LogP contribution in [0.25, 0.3) is 34.1 Å². The summed E-state index contributed by atoms with van der Waals surface area (Å²) in [6.07, 6.45) is 5.78. The Morgan fingerprint density at radius 1 is 1.05 bits per heavy atom. The van der Waals surface area contributed by atoms with Gasteiger partial charge in [0.1, 0.15) is 11.2 Å². The first-order chi connectivity index (χ1) is 10.1. The van der Waals surface area contributed by atoms with E-state index in [0.717, 1.165) is 33.1 Å². The van der Waals surface area contributed by atoms with Crippen LogP contribution in [0, 0.1) is 0 Å². The van der Waals surface area contributed by atoms with E-state index < -0.39 is 7.12 Å². The summed E-state index contributed by atoms with van der Waals surface area (Å²) in [5.41, 5.74) is 4.00. The molecule has 1 aromatic heterocycles. The molecule has 0 bridgehead atoms. The fourth-order valence-corrected chi connectivity index (χ4v) is 2.53. The molecule has 0 fully saturated rings. The summed E-state index contributed by atoms with van der Waals surface area (Å²) < 4.78 is 5.84. The molecule has 21 heavy (non-hydrogen) atoms. The minimum absolute atomic E-state index is 0.447. The SMILES string of the molecule is C=Cc1cc2c(cc1/C=C\C)oc1ccc(B(O)O)cc12. The lowest BCUT2D eigenvalue weighted by Gasteiger charge is -2.01. The zero-order valence-corrected chi connectivity index (χ0v) is 11.7. The Balaban J connectivity index is 2.35. The highest BCUT2D eigenvalue weighted by Crippen LogP contribution is 2.31. The van der Waals surface area contributed by atoms with Crippen LogP contribution in [0.15, 0.2) is 47.4 Å². The lowest BCUT2D eigenvalue weighted by atomic mass is 9.80. The number of furan rings is 1. The molecule has 3 nitrogen and oxygen atoms in total. The van der Waals surface area contributed by atoms with Crippen molar-refractivity contribution in [3.05, 3.63) is 54.1 Å². The van der Waals surface area contributed by atoms with Crippen molar-refractivity contribution in [1.29, 1.82) is 0 Å². The van der Waals surface area contributed by atoms with Crippen molar-refractivity contribution in [2.45, 2.75) is 6.92 Å². The van der Waals surface area contributed by atoms with Crippen LogP contribution in [-0.2, 0) is 0 Å². The summed E-state index contributed by atoms with van der Waals surface area (Å²) in [5.74, 6) is 0. The van der Waals surface area contributed by atoms with Crippen LogP contribution in [0.4, 0.5) is 0 Å². The van der Waals surface area contributed by atoms with Gasteiger partial charge in [0, 0.05) is 10.8 Å². The molecule has 0 spiro atoms. The summed E-state index contributed by atoms with van der Waals surface area (Å²) in [5, 5.41) is 20.4. The first-order valence-electron chi connectivity index (χ1n) is 6.75. The largest absolute Gasteiger partial charge is 0.488 e. The van der Waals surface area contributed by atoms with E-state index in [9.17, 15) is 10.0 Å². The van der Waals surface area contributed by atoms with Gasteiger partial charge in [0.05, 0.1) is 0 Å². The maximum absolute atomic E-state index is 9.31. The van der Waals surface area contributed by atoms with E-state index in [1.807, 2.05) is 31.2 Å². The second kappa shape index (κ2) is 5.24. The first-order valence-corrected chi connectivity index (χ1v) is 6.75. The number of rotatable bonds is 3. The lowest BCUT2D eigenvalue weighted by molar-refractivity contribution is 0.426. The molecule has 0 aliphatic heterocycles. The molecule has 3 aromatic rings. The Morgan fingerprint density at radius 2 is 1.81 bits per heavy atom. The van der Waals surface area contributed by atoms with Crippen molar-refractivity contribution < 1.29 is 14.5 Å². The molecule has 0 atom stereocenters. The van der Waals surface area contributed by atoms with Crippen LogP contribution >= 0.6 is 0 Å². The molecule has 0 amide bonds. The van der Waals surface area contributed by atoms with Gasteiger partial charge in [-0.05, 0) is 41.7 Å². The van der Waals surface area contributed by atoms with Crippen molar-refractivity contribution in [2.24, 2.45) is 0 Å². The van der Waals surface area contributed by atoms with E-state index in [1.165, 1.54) is 0 Å². The highest BCUT2D eigenvalue weighted by molar-refractivity contribution is 6.59. The maximum atomic E-state index is 9.31. The summed E-state index contributed by atoms with van der Waals surface area (Å²) >= 11 is 0. The zero-order chi connectivity index (χ0) is 15.0. The Kier molecular flexibility index (Phi) is 3.41. The van der Waals surface area contributed by atoms with Crippen LogP contribution in [0.3, 0.4) is 0 Å². The van der Waals surface area contributed by atoms with Crippen molar-refractivity contribution >= 4 is 46.7 Å². The average Bonchev–Trinajstić information content (AvgIpc) is 2.83. The van der Waals surface area contributed by atoms with Gasteiger partial charge in [-0.2, -0.15) is 0 Å².